The molecule has 150 valence electrons. The number of hydrogen-bond donors (Lipinski definition) is 0. The number of thioether (sulfide) groups is 1. The third-order valence-corrected chi connectivity index (χ3v) is 6.20. The number of rotatable bonds is 7. The molecule has 2 aromatic carbocycles. The normalized spacial score (nSPS) is 10.9. The summed E-state index contributed by atoms with van der Waals surface area (Å²) in [4.78, 5) is 23.2. The van der Waals surface area contributed by atoms with Crippen molar-refractivity contribution in [1.29, 1.82) is 0 Å². The highest BCUT2D eigenvalue weighted by Crippen LogP contribution is 2.31. The molecule has 0 bridgehead atoms. The Morgan fingerprint density at radius 1 is 1.11 bits per heavy atom. The minimum atomic E-state index is 0. The fraction of sp³-hybridized carbons (Fsp3) is 0.333. The van der Waals surface area contributed by atoms with Gasteiger partial charge in [0.2, 0.25) is 0 Å². The molecule has 0 saturated carbocycles. The van der Waals surface area contributed by atoms with Crippen molar-refractivity contribution in [2.75, 3.05) is 38.3 Å². The maximum absolute atomic E-state index is 13.3. The Labute approximate surface area is 181 Å². The molecule has 3 rings (SSSR count). The number of nitrogens with zero attached hydrogens (tertiary/aromatic N) is 3. The van der Waals surface area contributed by atoms with E-state index in [1.165, 1.54) is 0 Å². The quantitative estimate of drug-likeness (QED) is 0.469. The minimum Gasteiger partial charge on any atom is -0.309 e. The van der Waals surface area contributed by atoms with E-state index in [0.717, 1.165) is 38.8 Å². The zero-order valence-corrected chi connectivity index (χ0v) is 19.1. The molecule has 0 unspecified atom stereocenters. The number of para-hydroxylation sites is 1. The van der Waals surface area contributed by atoms with Gasteiger partial charge in [0.05, 0.1) is 10.2 Å². The standard InChI is InChI=1S/C21H25N3OS2.ClH/c1-15-7-5-8-18-19(15)22-21(27-18)24(14-6-13-23(2)3)20(25)16-9-11-17(26-4)12-10-16;/h5,7-12H,6,13-14H2,1-4H3;1H. The summed E-state index contributed by atoms with van der Waals surface area (Å²) in [6.45, 7) is 3.64. The summed E-state index contributed by atoms with van der Waals surface area (Å²) in [6.07, 6.45) is 2.93. The molecule has 0 atom stereocenters. The molecule has 0 N–H and O–H groups in total. The molecule has 3 aromatic rings. The summed E-state index contributed by atoms with van der Waals surface area (Å²) in [5.41, 5.74) is 2.83. The molecule has 0 saturated heterocycles. The number of carbonyl (C=O) groups excluding carboxylic acids is 1. The van der Waals surface area contributed by atoms with E-state index in [1.54, 1.807) is 23.1 Å². The molecule has 0 aliphatic rings. The van der Waals surface area contributed by atoms with Crippen molar-refractivity contribution < 1.29 is 4.79 Å². The fourth-order valence-electron chi connectivity index (χ4n) is 2.91. The fourth-order valence-corrected chi connectivity index (χ4v) is 4.38. The Morgan fingerprint density at radius 3 is 2.43 bits per heavy atom. The van der Waals surface area contributed by atoms with Crippen LogP contribution < -0.4 is 4.90 Å². The highest BCUT2D eigenvalue weighted by Gasteiger charge is 2.21. The van der Waals surface area contributed by atoms with Gasteiger partial charge in [-0.15, -0.1) is 24.2 Å². The first-order valence-corrected chi connectivity index (χ1v) is 11.0. The first kappa shape index (κ1) is 22.7. The van der Waals surface area contributed by atoms with Crippen LogP contribution in [0, 0.1) is 6.92 Å². The SMILES string of the molecule is CSc1ccc(C(=O)N(CCCN(C)C)c2nc3c(C)cccc3s2)cc1.Cl. The Balaban J connectivity index is 0.00000280. The molecular formula is C21H26ClN3OS2. The Bertz CT molecular complexity index is 925. The van der Waals surface area contributed by atoms with Gasteiger partial charge in [-0.2, -0.15) is 0 Å². The van der Waals surface area contributed by atoms with Crippen LogP contribution >= 0.6 is 35.5 Å². The van der Waals surface area contributed by atoms with E-state index in [4.69, 9.17) is 4.98 Å². The minimum absolute atomic E-state index is 0. The molecule has 1 heterocycles. The average molecular weight is 436 g/mol. The van der Waals surface area contributed by atoms with Crippen LogP contribution in [-0.2, 0) is 0 Å². The van der Waals surface area contributed by atoms with E-state index in [2.05, 4.69) is 24.0 Å². The predicted molar refractivity (Wildman–Crippen MR) is 125 cm³/mol. The maximum Gasteiger partial charge on any atom is 0.260 e. The number of thiazole rings is 1. The number of benzene rings is 2. The average Bonchev–Trinajstić information content (AvgIpc) is 3.10. The highest BCUT2D eigenvalue weighted by atomic mass is 35.5. The van der Waals surface area contributed by atoms with Crippen LogP contribution in [0.2, 0.25) is 0 Å². The van der Waals surface area contributed by atoms with Gasteiger partial charge < -0.3 is 4.90 Å². The lowest BCUT2D eigenvalue weighted by Gasteiger charge is -2.21. The van der Waals surface area contributed by atoms with Gasteiger partial charge in [-0.3, -0.25) is 9.69 Å². The van der Waals surface area contributed by atoms with Crippen molar-refractivity contribution in [2.24, 2.45) is 0 Å². The van der Waals surface area contributed by atoms with Crippen LogP contribution in [0.25, 0.3) is 10.2 Å². The number of fused-ring (bicyclic) bond motifs is 1. The van der Waals surface area contributed by atoms with Crippen LogP contribution in [0.4, 0.5) is 5.13 Å². The summed E-state index contributed by atoms with van der Waals surface area (Å²) >= 11 is 3.26. The number of halogens is 1. The topological polar surface area (TPSA) is 36.4 Å². The Hall–Kier alpha value is -1.60. The zero-order valence-electron chi connectivity index (χ0n) is 16.6. The maximum atomic E-state index is 13.3. The van der Waals surface area contributed by atoms with Gasteiger partial charge in [-0.1, -0.05) is 23.5 Å². The molecule has 0 radical (unpaired) electrons. The van der Waals surface area contributed by atoms with Crippen LogP contribution in [0.1, 0.15) is 22.3 Å². The van der Waals surface area contributed by atoms with Gasteiger partial charge in [0.25, 0.3) is 5.91 Å². The number of aryl methyl sites for hydroxylation is 1. The molecule has 1 aromatic heterocycles. The summed E-state index contributed by atoms with van der Waals surface area (Å²) in [5.74, 6) is 0.0121. The smallest absolute Gasteiger partial charge is 0.260 e. The van der Waals surface area contributed by atoms with E-state index < -0.39 is 0 Å². The summed E-state index contributed by atoms with van der Waals surface area (Å²) in [5, 5.41) is 0.775. The monoisotopic (exact) mass is 435 g/mol. The molecule has 1 amide bonds. The van der Waals surface area contributed by atoms with E-state index in [9.17, 15) is 4.79 Å². The second-order valence-electron chi connectivity index (χ2n) is 6.76. The van der Waals surface area contributed by atoms with Crippen LogP contribution in [0.3, 0.4) is 0 Å². The molecule has 0 spiro atoms. The van der Waals surface area contributed by atoms with Crippen LogP contribution in [0.15, 0.2) is 47.4 Å². The zero-order chi connectivity index (χ0) is 19.4. The molecule has 28 heavy (non-hydrogen) atoms. The third kappa shape index (κ3) is 5.26. The molecule has 0 fully saturated rings. The van der Waals surface area contributed by atoms with Crippen molar-refractivity contribution >= 4 is 56.8 Å². The van der Waals surface area contributed by atoms with E-state index >= 15 is 0 Å². The summed E-state index contributed by atoms with van der Waals surface area (Å²) < 4.78 is 1.12. The second kappa shape index (κ2) is 10.3. The Kier molecular flexibility index (Phi) is 8.31. The summed E-state index contributed by atoms with van der Waals surface area (Å²) in [7, 11) is 4.10. The number of anilines is 1. The van der Waals surface area contributed by atoms with Gasteiger partial charge in [0.15, 0.2) is 5.13 Å². The number of aromatic nitrogens is 1. The van der Waals surface area contributed by atoms with Crippen molar-refractivity contribution in [3.63, 3.8) is 0 Å². The van der Waals surface area contributed by atoms with E-state index in [0.29, 0.717) is 12.1 Å². The van der Waals surface area contributed by atoms with Gasteiger partial charge in [-0.05, 0) is 76.1 Å². The number of hydrogen-bond acceptors (Lipinski definition) is 5. The molecular weight excluding hydrogens is 410 g/mol. The molecule has 7 heteroatoms. The predicted octanol–water partition coefficient (Wildman–Crippen LogP) is 5.35. The van der Waals surface area contributed by atoms with Crippen molar-refractivity contribution in [3.05, 3.63) is 53.6 Å². The first-order valence-electron chi connectivity index (χ1n) is 8.96. The number of amides is 1. The molecule has 4 nitrogen and oxygen atoms in total. The van der Waals surface area contributed by atoms with Crippen LogP contribution in [-0.4, -0.2) is 49.2 Å². The van der Waals surface area contributed by atoms with Crippen molar-refractivity contribution in [2.45, 2.75) is 18.2 Å². The largest absolute Gasteiger partial charge is 0.309 e. The summed E-state index contributed by atoms with van der Waals surface area (Å²) in [6, 6.07) is 14.0. The second-order valence-corrected chi connectivity index (χ2v) is 8.65. The molecule has 0 aliphatic carbocycles. The molecule has 0 aliphatic heterocycles. The third-order valence-electron chi connectivity index (χ3n) is 4.41. The van der Waals surface area contributed by atoms with Crippen molar-refractivity contribution in [3.8, 4) is 0 Å². The van der Waals surface area contributed by atoms with E-state index in [1.807, 2.05) is 55.6 Å². The van der Waals surface area contributed by atoms with Gasteiger partial charge in [-0.25, -0.2) is 4.98 Å². The van der Waals surface area contributed by atoms with Gasteiger partial charge in [0, 0.05) is 17.0 Å². The van der Waals surface area contributed by atoms with Crippen LogP contribution in [0.5, 0.6) is 0 Å². The Morgan fingerprint density at radius 2 is 1.82 bits per heavy atom. The highest BCUT2D eigenvalue weighted by molar-refractivity contribution is 7.98. The van der Waals surface area contributed by atoms with Gasteiger partial charge in [0.1, 0.15) is 0 Å². The lowest BCUT2D eigenvalue weighted by atomic mass is 10.2. The lowest BCUT2D eigenvalue weighted by molar-refractivity contribution is 0.0986. The first-order chi connectivity index (χ1) is 13.0. The van der Waals surface area contributed by atoms with E-state index in [-0.39, 0.29) is 18.3 Å². The van der Waals surface area contributed by atoms with Gasteiger partial charge >= 0.3 is 0 Å². The lowest BCUT2D eigenvalue weighted by Crippen LogP contribution is -2.33. The number of carbonyl (C=O) groups is 1. The van der Waals surface area contributed by atoms with Crippen molar-refractivity contribution in [1.82, 2.24) is 9.88 Å².